The summed E-state index contributed by atoms with van der Waals surface area (Å²) in [6, 6.07) is 4.02. The summed E-state index contributed by atoms with van der Waals surface area (Å²) in [4.78, 5) is 2.34. The minimum atomic E-state index is 0.515. The molecule has 2 aromatic heterocycles. The van der Waals surface area contributed by atoms with Gasteiger partial charge in [0.1, 0.15) is 5.82 Å². The predicted molar refractivity (Wildman–Crippen MR) is 65.5 cm³/mol. The molecule has 1 unspecified atom stereocenters. The normalized spacial score (nSPS) is 22.0. The SMILES string of the molecule is CN1CCC(c2nnc3cc(Br)ccn23)C1. The van der Waals surface area contributed by atoms with Crippen molar-refractivity contribution < 1.29 is 0 Å². The van der Waals surface area contributed by atoms with Crippen LogP contribution in [0.4, 0.5) is 0 Å². The van der Waals surface area contributed by atoms with Crippen molar-refractivity contribution in [2.45, 2.75) is 12.3 Å². The Morgan fingerprint density at radius 1 is 1.44 bits per heavy atom. The molecule has 0 N–H and O–H groups in total. The van der Waals surface area contributed by atoms with E-state index >= 15 is 0 Å². The van der Waals surface area contributed by atoms with Gasteiger partial charge in [-0.2, -0.15) is 0 Å². The molecule has 2 aromatic rings. The van der Waals surface area contributed by atoms with Crippen LogP contribution in [-0.2, 0) is 0 Å². The van der Waals surface area contributed by atoms with Crippen LogP contribution in [0, 0.1) is 0 Å². The van der Waals surface area contributed by atoms with Crippen LogP contribution in [0.2, 0.25) is 0 Å². The Morgan fingerprint density at radius 2 is 2.31 bits per heavy atom. The summed E-state index contributed by atoms with van der Waals surface area (Å²) in [5.41, 5.74) is 0.916. The van der Waals surface area contributed by atoms with Crippen molar-refractivity contribution >= 4 is 21.6 Å². The summed E-state index contributed by atoms with van der Waals surface area (Å²) in [5.74, 6) is 1.60. The molecule has 0 spiro atoms. The van der Waals surface area contributed by atoms with Crippen molar-refractivity contribution in [2.24, 2.45) is 0 Å². The number of fused-ring (bicyclic) bond motifs is 1. The van der Waals surface area contributed by atoms with Gasteiger partial charge in [0, 0.05) is 23.1 Å². The lowest BCUT2D eigenvalue weighted by Crippen LogP contribution is -2.14. The zero-order valence-electron chi connectivity index (χ0n) is 9.10. The number of nitrogens with zero attached hydrogens (tertiary/aromatic N) is 4. The van der Waals surface area contributed by atoms with E-state index in [1.165, 1.54) is 6.42 Å². The van der Waals surface area contributed by atoms with Crippen molar-refractivity contribution in [1.29, 1.82) is 0 Å². The third-order valence-corrected chi connectivity index (χ3v) is 3.65. The van der Waals surface area contributed by atoms with Gasteiger partial charge in [-0.15, -0.1) is 10.2 Å². The molecule has 0 amide bonds. The van der Waals surface area contributed by atoms with Gasteiger partial charge in [0.2, 0.25) is 0 Å². The number of likely N-dealkylation sites (N-methyl/N-ethyl adjacent to an activating group) is 1. The minimum Gasteiger partial charge on any atom is -0.306 e. The lowest BCUT2D eigenvalue weighted by molar-refractivity contribution is 0.409. The second kappa shape index (κ2) is 3.82. The first-order chi connectivity index (χ1) is 7.74. The van der Waals surface area contributed by atoms with Gasteiger partial charge in [0.15, 0.2) is 5.65 Å². The molecule has 1 atom stereocenters. The second-order valence-electron chi connectivity index (χ2n) is 4.38. The molecule has 0 aliphatic carbocycles. The second-order valence-corrected chi connectivity index (χ2v) is 5.29. The van der Waals surface area contributed by atoms with E-state index in [0.29, 0.717) is 5.92 Å². The summed E-state index contributed by atoms with van der Waals surface area (Å²) in [6.07, 6.45) is 3.21. The third kappa shape index (κ3) is 1.64. The summed E-state index contributed by atoms with van der Waals surface area (Å²) < 4.78 is 3.14. The van der Waals surface area contributed by atoms with Gasteiger partial charge in [0.25, 0.3) is 0 Å². The largest absolute Gasteiger partial charge is 0.306 e. The molecule has 1 aliphatic heterocycles. The number of pyridine rings is 1. The van der Waals surface area contributed by atoms with Gasteiger partial charge in [-0.05, 0) is 32.1 Å². The Hall–Kier alpha value is -0.940. The fourth-order valence-corrected chi connectivity index (χ4v) is 2.63. The number of aromatic nitrogens is 3. The Labute approximate surface area is 102 Å². The third-order valence-electron chi connectivity index (χ3n) is 3.15. The van der Waals surface area contributed by atoms with Gasteiger partial charge in [-0.1, -0.05) is 15.9 Å². The highest BCUT2D eigenvalue weighted by Crippen LogP contribution is 2.25. The van der Waals surface area contributed by atoms with Crippen LogP contribution in [0.15, 0.2) is 22.8 Å². The van der Waals surface area contributed by atoms with Gasteiger partial charge in [-0.3, -0.25) is 4.40 Å². The lowest BCUT2D eigenvalue weighted by atomic mass is 10.1. The van der Waals surface area contributed by atoms with E-state index in [9.17, 15) is 0 Å². The average Bonchev–Trinajstić information content (AvgIpc) is 2.83. The molecular formula is C11H13BrN4. The van der Waals surface area contributed by atoms with Crippen LogP contribution in [0.5, 0.6) is 0 Å². The smallest absolute Gasteiger partial charge is 0.161 e. The van der Waals surface area contributed by atoms with Crippen molar-refractivity contribution in [3.8, 4) is 0 Å². The maximum Gasteiger partial charge on any atom is 0.161 e. The molecule has 0 bridgehead atoms. The molecule has 1 aliphatic rings. The number of hydrogen-bond donors (Lipinski definition) is 0. The Morgan fingerprint density at radius 3 is 3.06 bits per heavy atom. The number of likely N-dealkylation sites (tertiary alicyclic amines) is 1. The fraction of sp³-hybridized carbons (Fsp3) is 0.455. The maximum absolute atomic E-state index is 4.32. The van der Waals surface area contributed by atoms with Crippen LogP contribution < -0.4 is 0 Å². The molecule has 16 heavy (non-hydrogen) atoms. The highest BCUT2D eigenvalue weighted by molar-refractivity contribution is 9.10. The summed E-state index contributed by atoms with van der Waals surface area (Å²) in [5, 5.41) is 8.53. The van der Waals surface area contributed by atoms with E-state index in [2.05, 4.69) is 42.5 Å². The summed E-state index contributed by atoms with van der Waals surface area (Å²) in [7, 11) is 2.15. The predicted octanol–water partition coefficient (Wildman–Crippen LogP) is 1.91. The van der Waals surface area contributed by atoms with Crippen molar-refractivity contribution in [3.63, 3.8) is 0 Å². The minimum absolute atomic E-state index is 0.515. The van der Waals surface area contributed by atoms with Crippen LogP contribution in [0.3, 0.4) is 0 Å². The van der Waals surface area contributed by atoms with E-state index in [1.54, 1.807) is 0 Å². The van der Waals surface area contributed by atoms with Gasteiger partial charge < -0.3 is 4.90 Å². The molecule has 0 radical (unpaired) electrons. The quantitative estimate of drug-likeness (QED) is 0.800. The van der Waals surface area contributed by atoms with E-state index < -0.39 is 0 Å². The molecule has 3 heterocycles. The molecule has 0 saturated carbocycles. The molecule has 3 rings (SSSR count). The number of halogens is 1. The van der Waals surface area contributed by atoms with Crippen LogP contribution >= 0.6 is 15.9 Å². The van der Waals surface area contributed by atoms with Crippen LogP contribution in [-0.4, -0.2) is 39.6 Å². The zero-order valence-corrected chi connectivity index (χ0v) is 10.7. The highest BCUT2D eigenvalue weighted by atomic mass is 79.9. The molecule has 84 valence electrons. The molecule has 1 fully saturated rings. The van der Waals surface area contributed by atoms with E-state index in [4.69, 9.17) is 0 Å². The average molecular weight is 281 g/mol. The van der Waals surface area contributed by atoms with Crippen molar-refractivity contribution in [2.75, 3.05) is 20.1 Å². The number of rotatable bonds is 1. The van der Waals surface area contributed by atoms with Gasteiger partial charge in [0.05, 0.1) is 0 Å². The molecule has 1 saturated heterocycles. The summed E-state index contributed by atoms with van der Waals surface area (Å²) in [6.45, 7) is 2.23. The molecule has 5 heteroatoms. The Balaban J connectivity index is 2.04. The molecule has 0 aromatic carbocycles. The number of hydrogen-bond acceptors (Lipinski definition) is 3. The standard InChI is InChI=1S/C11H13BrN4/c1-15-4-2-8(7-15)11-14-13-10-6-9(12)3-5-16(10)11/h3,5-6,8H,2,4,7H2,1H3. The zero-order chi connectivity index (χ0) is 11.1. The van der Waals surface area contributed by atoms with Crippen LogP contribution in [0.1, 0.15) is 18.2 Å². The first-order valence-electron chi connectivity index (χ1n) is 5.43. The monoisotopic (exact) mass is 280 g/mol. The highest BCUT2D eigenvalue weighted by Gasteiger charge is 2.25. The van der Waals surface area contributed by atoms with E-state index in [0.717, 1.165) is 29.0 Å². The first-order valence-corrected chi connectivity index (χ1v) is 6.22. The maximum atomic E-state index is 4.32. The first kappa shape index (κ1) is 10.2. The fourth-order valence-electron chi connectivity index (χ4n) is 2.31. The Bertz CT molecular complexity index is 522. The van der Waals surface area contributed by atoms with Crippen molar-refractivity contribution in [3.05, 3.63) is 28.6 Å². The topological polar surface area (TPSA) is 33.4 Å². The van der Waals surface area contributed by atoms with E-state index in [-0.39, 0.29) is 0 Å². The summed E-state index contributed by atoms with van der Waals surface area (Å²) >= 11 is 3.45. The molecular weight excluding hydrogens is 268 g/mol. The van der Waals surface area contributed by atoms with Crippen LogP contribution in [0.25, 0.3) is 5.65 Å². The molecule has 4 nitrogen and oxygen atoms in total. The van der Waals surface area contributed by atoms with E-state index in [1.807, 2.05) is 18.3 Å². The van der Waals surface area contributed by atoms with Crippen molar-refractivity contribution in [1.82, 2.24) is 19.5 Å². The van der Waals surface area contributed by atoms with Gasteiger partial charge >= 0.3 is 0 Å². The van der Waals surface area contributed by atoms with Gasteiger partial charge in [-0.25, -0.2) is 0 Å². The Kier molecular flexibility index (Phi) is 2.44. The lowest BCUT2D eigenvalue weighted by Gasteiger charge is -2.08.